The molecule has 0 atom stereocenters. The highest BCUT2D eigenvalue weighted by Crippen LogP contribution is 2.55. The summed E-state index contributed by atoms with van der Waals surface area (Å²) in [5.41, 5.74) is 4.33. The van der Waals surface area contributed by atoms with Crippen LogP contribution in [0.4, 0.5) is 0 Å². The van der Waals surface area contributed by atoms with Crippen LogP contribution < -0.4 is 32.3 Å². The first-order valence-corrected chi connectivity index (χ1v) is 18.2. The third kappa shape index (κ3) is 7.11. The molecule has 0 spiro atoms. The van der Waals surface area contributed by atoms with Crippen LogP contribution in [0.5, 0.6) is 0 Å². The largest absolute Gasteiger partial charge is 0.200 e. The molecule has 0 nitrogen and oxygen atoms in total. The van der Waals surface area contributed by atoms with Gasteiger partial charge in [0.25, 0.3) is 0 Å². The third-order valence-electron chi connectivity index (χ3n) is 9.09. The minimum absolute atomic E-state index is 0.913. The summed E-state index contributed by atoms with van der Waals surface area (Å²) in [4.78, 5) is 0. The van der Waals surface area contributed by atoms with Crippen LogP contribution in [0.25, 0.3) is 0 Å². The fraction of sp³-hybridized carbons (Fsp3) is 0.116. The zero-order valence-corrected chi connectivity index (χ0v) is 27.4. The summed E-state index contributed by atoms with van der Waals surface area (Å²) >= 11 is 0. The minimum Gasteiger partial charge on any atom is -0.200 e. The first-order chi connectivity index (χ1) is 22.3. The number of rotatable bonds is 11. The van der Waals surface area contributed by atoms with E-state index in [-0.39, 0.29) is 0 Å². The highest BCUT2D eigenvalue weighted by molar-refractivity contribution is 7.95. The van der Waals surface area contributed by atoms with E-state index in [2.05, 4.69) is 202 Å². The zero-order chi connectivity index (χ0) is 31.2. The van der Waals surface area contributed by atoms with Gasteiger partial charge in [0, 0.05) is 0 Å². The van der Waals surface area contributed by atoms with Crippen molar-refractivity contribution in [3.05, 3.63) is 195 Å². The van der Waals surface area contributed by atoms with Crippen molar-refractivity contribution in [2.24, 2.45) is 0 Å². The predicted octanol–water partition coefficient (Wildman–Crippen LogP) is 8.12. The van der Waals surface area contributed by atoms with Crippen LogP contribution in [0.2, 0.25) is 6.32 Å². The number of hydrogen-bond acceptors (Lipinski definition) is 0. The van der Waals surface area contributed by atoms with Gasteiger partial charge in [-0.05, 0) is 36.4 Å². The lowest BCUT2D eigenvalue weighted by atomic mass is 9.14. The van der Waals surface area contributed by atoms with Crippen molar-refractivity contribution >= 4 is 45.7 Å². The van der Waals surface area contributed by atoms with Crippen LogP contribution in [-0.4, -0.2) is 12.3 Å². The second-order valence-electron chi connectivity index (χ2n) is 11.7. The van der Waals surface area contributed by atoms with Crippen molar-refractivity contribution in [3.8, 4) is 0 Å². The maximum absolute atomic E-state index is 4.05. The summed E-state index contributed by atoms with van der Waals surface area (Å²) in [6.45, 7) is 6.33. The summed E-state index contributed by atoms with van der Waals surface area (Å²) in [5, 5.41) is 4.23. The molecular weight excluding hydrogens is 558 g/mol. The van der Waals surface area contributed by atoms with E-state index in [4.69, 9.17) is 0 Å². The first kappa shape index (κ1) is 32.0. The van der Waals surface area contributed by atoms with E-state index in [1.807, 2.05) is 0 Å². The number of unbranched alkanes of at least 4 members (excludes halogenated alkanes) is 1. The van der Waals surface area contributed by atoms with Crippen molar-refractivity contribution in [2.45, 2.75) is 26.1 Å². The molecule has 0 radical (unpaired) electrons. The molecular formula is C43H44BP. The quantitative estimate of drug-likeness (QED) is 0.0799. The van der Waals surface area contributed by atoms with E-state index in [0.29, 0.717) is 0 Å². The number of allylic oxidation sites excluding steroid dienone is 1. The summed E-state index contributed by atoms with van der Waals surface area (Å²) < 4.78 is 0. The predicted molar refractivity (Wildman–Crippen MR) is 204 cm³/mol. The molecule has 6 aromatic carbocycles. The van der Waals surface area contributed by atoms with Gasteiger partial charge in [0.15, 0.2) is 0 Å². The molecule has 45 heavy (non-hydrogen) atoms. The van der Waals surface area contributed by atoms with Gasteiger partial charge < -0.3 is 0 Å². The van der Waals surface area contributed by atoms with E-state index in [0.717, 1.165) is 6.16 Å². The molecule has 0 saturated carbocycles. The fourth-order valence-corrected chi connectivity index (χ4v) is 10.9. The van der Waals surface area contributed by atoms with Crippen LogP contribution >= 0.6 is 7.26 Å². The molecule has 0 aliphatic rings. The first-order valence-electron chi connectivity index (χ1n) is 16.2. The number of benzene rings is 6. The Bertz CT molecular complexity index is 1490. The normalized spacial score (nSPS) is 11.2. The molecule has 0 unspecified atom stereocenters. The maximum Gasteiger partial charge on any atom is 0.115 e. The molecule has 0 bridgehead atoms. The Balaban J connectivity index is 0.000000178. The molecule has 0 fully saturated rings. The molecule has 0 N–H and O–H groups in total. The Morgan fingerprint density at radius 1 is 0.467 bits per heavy atom. The molecule has 6 aromatic rings. The van der Waals surface area contributed by atoms with Gasteiger partial charge in [0.05, 0.1) is 12.3 Å². The Hall–Kier alpha value is -4.45. The Morgan fingerprint density at radius 2 is 0.756 bits per heavy atom. The van der Waals surface area contributed by atoms with Crippen molar-refractivity contribution in [2.75, 3.05) is 6.16 Å². The second kappa shape index (κ2) is 16.0. The molecule has 2 heteroatoms. The Labute approximate surface area is 271 Å². The molecule has 0 aliphatic carbocycles. The maximum atomic E-state index is 4.05. The van der Waals surface area contributed by atoms with E-state index >= 15 is 0 Å². The van der Waals surface area contributed by atoms with Gasteiger partial charge in [-0.1, -0.05) is 178 Å². The van der Waals surface area contributed by atoms with E-state index < -0.39 is 13.4 Å². The lowest BCUT2D eigenvalue weighted by Gasteiger charge is -2.43. The van der Waals surface area contributed by atoms with Crippen molar-refractivity contribution in [1.82, 2.24) is 0 Å². The van der Waals surface area contributed by atoms with Gasteiger partial charge in [-0.2, -0.15) is 22.7 Å². The van der Waals surface area contributed by atoms with E-state index in [1.54, 1.807) is 0 Å². The van der Waals surface area contributed by atoms with Gasteiger partial charge >= 0.3 is 0 Å². The van der Waals surface area contributed by atoms with Crippen molar-refractivity contribution in [1.29, 1.82) is 0 Å². The molecule has 0 aliphatic heterocycles. The Kier molecular flexibility index (Phi) is 11.4. The zero-order valence-electron chi connectivity index (χ0n) is 26.5. The van der Waals surface area contributed by atoms with Gasteiger partial charge in [-0.15, -0.1) is 0 Å². The van der Waals surface area contributed by atoms with Gasteiger partial charge in [0.1, 0.15) is 23.2 Å². The third-order valence-corrected chi connectivity index (χ3v) is 13.4. The van der Waals surface area contributed by atoms with Crippen LogP contribution in [-0.2, 0) is 0 Å². The summed E-state index contributed by atoms with van der Waals surface area (Å²) in [6, 6.07) is 65.8. The molecule has 0 saturated heterocycles. The lowest BCUT2D eigenvalue weighted by molar-refractivity contribution is 0.874. The Morgan fingerprint density at radius 3 is 1.02 bits per heavy atom. The summed E-state index contributed by atoms with van der Waals surface area (Å²) in [5.74, 6) is 0. The van der Waals surface area contributed by atoms with Crippen LogP contribution in [0.3, 0.4) is 0 Å². The average Bonchev–Trinajstić information content (AvgIpc) is 3.14. The average molecular weight is 603 g/mol. The van der Waals surface area contributed by atoms with Crippen molar-refractivity contribution < 1.29 is 0 Å². The van der Waals surface area contributed by atoms with Gasteiger partial charge in [-0.25, -0.2) is 0 Å². The molecule has 0 heterocycles. The highest BCUT2D eigenvalue weighted by Gasteiger charge is 2.43. The summed E-state index contributed by atoms with van der Waals surface area (Å²) in [6.07, 6.45) is 5.78. The van der Waals surface area contributed by atoms with E-state index in [9.17, 15) is 0 Å². The van der Waals surface area contributed by atoms with Crippen LogP contribution in [0.1, 0.15) is 19.8 Å². The highest BCUT2D eigenvalue weighted by atomic mass is 31.2. The van der Waals surface area contributed by atoms with Crippen LogP contribution in [0, 0.1) is 0 Å². The molecule has 6 rings (SSSR count). The minimum atomic E-state index is -1.67. The van der Waals surface area contributed by atoms with Crippen molar-refractivity contribution in [3.63, 3.8) is 0 Å². The number of hydrogen-bond donors (Lipinski definition) is 0. The van der Waals surface area contributed by atoms with E-state index in [1.165, 1.54) is 51.5 Å². The monoisotopic (exact) mass is 602 g/mol. The second-order valence-corrected chi connectivity index (χ2v) is 15.2. The van der Waals surface area contributed by atoms with Gasteiger partial charge in [0.2, 0.25) is 0 Å². The van der Waals surface area contributed by atoms with Gasteiger partial charge in [-0.3, -0.25) is 0 Å². The smallest absolute Gasteiger partial charge is 0.115 e. The fourth-order valence-electron chi connectivity index (χ4n) is 6.94. The lowest BCUT2D eigenvalue weighted by Crippen LogP contribution is -2.66. The SMILES string of the molecule is C=CC[P+](c1ccccc1)(c1ccccc1)c1ccccc1.CCCC[B-](c1ccccc1)(c1ccccc1)c1ccccc1. The molecule has 0 amide bonds. The molecule has 224 valence electrons. The standard InChI is InChI=1S/C22H24B.C21H20P/c1-2-3-19-23(20-13-7-4-8-14-20,21-15-9-5-10-16-21)22-17-11-6-12-18-22;1-2-18-22(19-12-6-3-7-13-19,20-14-8-4-9-15-20)21-16-10-5-11-17-21/h4-18H,2-3,19H2,1H3;2-17H,1,18H2/q-1;+1. The topological polar surface area (TPSA) is 0 Å². The van der Waals surface area contributed by atoms with Crippen LogP contribution in [0.15, 0.2) is 195 Å². The summed E-state index contributed by atoms with van der Waals surface area (Å²) in [7, 11) is -1.67. The molecule has 0 aromatic heterocycles.